The maximum absolute atomic E-state index is 12.8. The monoisotopic (exact) mass is 1930 g/mol. The van der Waals surface area contributed by atoms with Crippen LogP contribution in [0.2, 0.25) is 0 Å². The second kappa shape index (κ2) is 51.1. The van der Waals surface area contributed by atoms with Gasteiger partial charge in [-0.2, -0.15) is 0 Å². The van der Waals surface area contributed by atoms with E-state index in [2.05, 4.69) is 118 Å². The molecule has 137 heavy (non-hydrogen) atoms. The summed E-state index contributed by atoms with van der Waals surface area (Å²) in [7, 11) is 0. The number of ether oxygens (including phenoxy) is 5. The topological polar surface area (TPSA) is 149 Å². The van der Waals surface area contributed by atoms with Gasteiger partial charge in [0.1, 0.15) is 33.8 Å². The molecule has 3 atom stereocenters. The van der Waals surface area contributed by atoms with Gasteiger partial charge in [-0.05, 0) is 496 Å². The molecule has 22 fully saturated rings. The maximum Gasteiger partial charge on any atom is 0.312 e. The summed E-state index contributed by atoms with van der Waals surface area (Å²) in [5.74, 6) is 18.4. The molecule has 22 rings (SSSR count). The molecule has 0 aromatic heterocycles. The number of carbonyl (C=O) groups excluding carboxylic acids is 6. The van der Waals surface area contributed by atoms with Crippen molar-refractivity contribution in [1.29, 1.82) is 0 Å². The zero-order valence-corrected chi connectivity index (χ0v) is 86.1. The highest BCUT2D eigenvalue weighted by Gasteiger charge is 2.65. The van der Waals surface area contributed by atoms with Gasteiger partial charge in [0, 0.05) is 22.7 Å². The minimum atomic E-state index is -0.362. The summed E-state index contributed by atoms with van der Waals surface area (Å²) >= 11 is 0. The molecule has 0 spiro atoms. The number of Topliss-reactive ketones (excluding diaryl/α,β-unsaturated/α-hetero) is 1. The Labute approximate surface area is 855 Å². The Morgan fingerprint density at radius 3 is 0.861 bits per heavy atom. The second-order valence-electron chi connectivity index (χ2n) is 53.5. The molecule has 0 heterocycles. The van der Waals surface area contributed by atoms with Crippen molar-refractivity contribution in [2.24, 2.45) is 173 Å². The lowest BCUT2D eigenvalue weighted by atomic mass is 9.45. The van der Waals surface area contributed by atoms with Gasteiger partial charge in [-0.25, -0.2) is 0 Å². The summed E-state index contributed by atoms with van der Waals surface area (Å²) in [5, 5.41) is 0. The van der Waals surface area contributed by atoms with Crippen LogP contribution in [-0.4, -0.2) is 63.6 Å². The largest absolute Gasteiger partial charge is 0.459 e. The number of ketones is 1. The summed E-state index contributed by atoms with van der Waals surface area (Å²) in [6, 6.07) is 0. The maximum atomic E-state index is 12.8. The minimum absolute atomic E-state index is 0. The first-order chi connectivity index (χ1) is 58.3. The summed E-state index contributed by atoms with van der Waals surface area (Å²) in [6.07, 6.45) is 57.8. The predicted molar refractivity (Wildman–Crippen MR) is 591 cm³/mol. The summed E-state index contributed by atoms with van der Waals surface area (Å²) in [6.45, 7) is 57.0. The fourth-order valence-electron chi connectivity index (χ4n) is 31.2. The summed E-state index contributed by atoms with van der Waals surface area (Å²) in [5.41, 5.74) is -2.18. The van der Waals surface area contributed by atoms with Crippen LogP contribution in [0.3, 0.4) is 0 Å². The van der Waals surface area contributed by atoms with Crippen LogP contribution in [0.4, 0.5) is 0 Å². The molecule has 0 aromatic rings. The van der Waals surface area contributed by atoms with Gasteiger partial charge in [0.15, 0.2) is 0 Å². The molecule has 22 bridgehead atoms. The van der Waals surface area contributed by atoms with E-state index in [1.54, 1.807) is 0 Å². The third-order valence-corrected chi connectivity index (χ3v) is 41.6. The zero-order valence-electron chi connectivity index (χ0n) is 86.1. The Hall–Kier alpha value is -2.98. The lowest BCUT2D eigenvalue weighted by molar-refractivity contribution is -0.220. The second-order valence-corrected chi connectivity index (χ2v) is 53.5. The van der Waals surface area contributed by atoms with Crippen molar-refractivity contribution in [2.45, 2.75) is 599 Å². The Morgan fingerprint density at radius 1 is 0.285 bits per heavy atom. The van der Waals surface area contributed by atoms with Gasteiger partial charge in [-0.1, -0.05) is 198 Å². The lowest BCUT2D eigenvalue weighted by Crippen LogP contribution is -2.60. The molecule has 11 heteroatoms. The molecule has 812 valence electrons. The van der Waals surface area contributed by atoms with E-state index in [0.29, 0.717) is 41.3 Å². The van der Waals surface area contributed by atoms with Crippen LogP contribution < -0.4 is 0 Å². The first-order valence-electron chi connectivity index (χ1n) is 54.0. The average molecular weight is 1930 g/mol. The SMILES string of the molecule is C.C.C.C.C.C.C.C.C.C.C.C.CCC(C)(C)C(=O)CC(C)(C)CCC1CC2CCC(C2)C1.CCC(C)(C)C(=O)OC(C)(C)C12CC3CC(CC(C3)C1)C2.CCC(C)(C)C(=O)OC(C)(CC)C12CC3CC(CC(C3)C1)C2.CCC(C)(C)C(=O)OC1(C)C2CC3CC(C2)CC1C3.CCC(C)(C)C(=O)OC1(CC)C2CC3CC(C2)CC1C3.CCCCC1(OC(=O)C(C)(C)CC)C2CC3CC(C2)CC1C3. The zero-order chi connectivity index (χ0) is 91.7. The van der Waals surface area contributed by atoms with Crippen LogP contribution in [0.5, 0.6) is 0 Å². The Balaban J connectivity index is 0.00000159. The molecule has 0 aromatic carbocycles. The van der Waals surface area contributed by atoms with E-state index in [4.69, 9.17) is 23.7 Å². The predicted octanol–water partition coefficient (Wildman–Crippen LogP) is 38.1. The van der Waals surface area contributed by atoms with Crippen molar-refractivity contribution in [1.82, 2.24) is 0 Å². The van der Waals surface area contributed by atoms with Crippen LogP contribution in [-0.2, 0) is 52.5 Å². The van der Waals surface area contributed by atoms with Crippen molar-refractivity contribution in [3.8, 4) is 0 Å². The fraction of sp³-hybridized carbons (Fsp3) is 0.952. The number of rotatable bonds is 29. The molecule has 0 N–H and O–H groups in total. The first-order valence-corrected chi connectivity index (χ1v) is 54.0. The standard InChI is InChI=1S/2C20H34O2.C20H36O.C19H32O2.C18H30O2.C17H28O2.12CH4/c1-6-18(3,4)17(21)22-19(5,7-2)20-11-14-8-15(12-20)10-16(9-14)13-20;1-5-7-8-20(22-18(21)19(3,4)6-2)16-10-14-9-15(12-16)13-17(20)11-14;1-6-20(4,5)18(21)14-19(2,3)10-9-17-12-15-7-8-16(11-15)13-17;1-6-17(2,3)16(20)21-18(4,5)19-10-13-7-14(11-19)9-15(8-13)12-19;1-5-17(3,4)16(19)20-18(6-2)14-8-12-7-13(10-14)11-15(18)9-12;1-5-16(2,3)15(18)19-17(4)13-7-11-6-12(9-13)10-14(17)8-11;;;;;;;;;;;;/h14-16H,6-13H2,1-5H3;14-17H,5-13H2,1-4H3;15-17H,6-14H2,1-5H3;13-15H,6-12H2,1-5H3;12-15H,5-11H2,1-4H3;11-14H,5-10H2,1-4H3;12*1H4. The van der Waals surface area contributed by atoms with Gasteiger partial charge < -0.3 is 23.7 Å². The number of esters is 5. The van der Waals surface area contributed by atoms with E-state index in [1.165, 1.54) is 231 Å². The van der Waals surface area contributed by atoms with E-state index in [9.17, 15) is 28.8 Å². The van der Waals surface area contributed by atoms with Crippen molar-refractivity contribution in [3.63, 3.8) is 0 Å². The van der Waals surface area contributed by atoms with Gasteiger partial charge in [0.25, 0.3) is 0 Å². The normalized spacial score (nSPS) is 35.7. The lowest BCUT2D eigenvalue weighted by Gasteiger charge is -2.62. The Bertz CT molecular complexity index is 3500. The molecule has 22 aliphatic rings. The molecular formula is C126H242O11. The molecule has 11 nitrogen and oxygen atoms in total. The first kappa shape index (κ1) is 134. The highest BCUT2D eigenvalue weighted by atomic mass is 16.6. The molecule has 3 unspecified atom stereocenters. The van der Waals surface area contributed by atoms with Crippen molar-refractivity contribution < 1.29 is 52.5 Å². The van der Waals surface area contributed by atoms with E-state index in [1.807, 2.05) is 69.2 Å². The Kier molecular flexibility index (Phi) is 50.0. The van der Waals surface area contributed by atoms with Crippen molar-refractivity contribution >= 4 is 35.6 Å². The van der Waals surface area contributed by atoms with Crippen LogP contribution in [0.1, 0.15) is 571 Å². The number of hydrogen-bond acceptors (Lipinski definition) is 11. The third-order valence-electron chi connectivity index (χ3n) is 41.6. The molecule has 22 aliphatic carbocycles. The average Bonchev–Trinajstić information content (AvgIpc) is 0.980. The van der Waals surface area contributed by atoms with Crippen molar-refractivity contribution in [2.75, 3.05) is 0 Å². The van der Waals surface area contributed by atoms with E-state index in [0.717, 1.165) is 153 Å². The molecule has 0 amide bonds. The number of fused-ring (bicyclic) bond motifs is 2. The van der Waals surface area contributed by atoms with E-state index < -0.39 is 0 Å². The number of unbranched alkanes of at least 4 members (excludes halogenated alkanes) is 1. The molecule has 22 saturated carbocycles. The van der Waals surface area contributed by atoms with Crippen LogP contribution in [0.15, 0.2) is 0 Å². The van der Waals surface area contributed by atoms with Crippen LogP contribution in [0, 0.1) is 173 Å². The van der Waals surface area contributed by atoms with E-state index in [-0.39, 0.29) is 196 Å². The van der Waals surface area contributed by atoms with Gasteiger partial charge in [-0.3, -0.25) is 28.8 Å². The third kappa shape index (κ3) is 28.5. The van der Waals surface area contributed by atoms with Crippen LogP contribution >= 0.6 is 0 Å². The van der Waals surface area contributed by atoms with Gasteiger partial charge in [-0.15, -0.1) is 0 Å². The highest BCUT2D eigenvalue weighted by Crippen LogP contribution is 2.69. The molecule has 0 saturated heterocycles. The Morgan fingerprint density at radius 2 is 0.555 bits per heavy atom. The van der Waals surface area contributed by atoms with Gasteiger partial charge in [0.2, 0.25) is 0 Å². The molecule has 0 aliphatic heterocycles. The van der Waals surface area contributed by atoms with Crippen molar-refractivity contribution in [3.05, 3.63) is 0 Å². The minimum Gasteiger partial charge on any atom is -0.459 e. The number of hydrogen-bond donors (Lipinski definition) is 0. The molecular weight excluding hydrogens is 1690 g/mol. The smallest absolute Gasteiger partial charge is 0.312 e. The summed E-state index contributed by atoms with van der Waals surface area (Å²) < 4.78 is 31.3. The quantitative estimate of drug-likeness (QED) is 0.0520. The highest BCUT2D eigenvalue weighted by molar-refractivity contribution is 5.84. The molecule has 0 radical (unpaired) electrons. The van der Waals surface area contributed by atoms with Gasteiger partial charge in [0.05, 0.1) is 27.1 Å². The van der Waals surface area contributed by atoms with E-state index >= 15 is 0 Å². The fourth-order valence-corrected chi connectivity index (χ4v) is 31.2. The number of carbonyl (C=O) groups is 6. The van der Waals surface area contributed by atoms with Crippen LogP contribution in [0.25, 0.3) is 0 Å². The van der Waals surface area contributed by atoms with Gasteiger partial charge >= 0.3 is 29.8 Å². The summed E-state index contributed by atoms with van der Waals surface area (Å²) in [4.78, 5) is 75.7.